The third-order valence-electron chi connectivity index (χ3n) is 3.89. The van der Waals surface area contributed by atoms with Crippen LogP contribution in [0, 0.1) is 0 Å². The van der Waals surface area contributed by atoms with Crippen LogP contribution >= 0.6 is 0 Å². The van der Waals surface area contributed by atoms with Crippen molar-refractivity contribution in [1.29, 1.82) is 0 Å². The van der Waals surface area contributed by atoms with E-state index >= 15 is 0 Å². The number of methoxy groups -OCH3 is 1. The first-order valence-corrected chi connectivity index (χ1v) is 9.79. The molecule has 0 amide bonds. The molecule has 6 heteroatoms. The van der Waals surface area contributed by atoms with E-state index in [0.717, 1.165) is 26.1 Å². The second-order valence-corrected chi connectivity index (χ2v) is 6.35. The van der Waals surface area contributed by atoms with E-state index in [0.29, 0.717) is 45.9 Å². The molecule has 0 aliphatic rings. The fourth-order valence-corrected chi connectivity index (χ4v) is 2.37. The second-order valence-electron chi connectivity index (χ2n) is 6.35. The molecular weight excluding hydrogens is 324 g/mol. The molecule has 2 atom stereocenters. The van der Waals surface area contributed by atoms with Gasteiger partial charge in [-0.15, -0.1) is 0 Å². The van der Waals surface area contributed by atoms with Crippen LogP contribution in [-0.2, 0) is 18.9 Å². The van der Waals surface area contributed by atoms with Crippen molar-refractivity contribution in [3.8, 4) is 0 Å². The molecule has 0 saturated carbocycles. The lowest BCUT2D eigenvalue weighted by molar-refractivity contribution is 0.0170. The van der Waals surface area contributed by atoms with Crippen molar-refractivity contribution in [2.45, 2.75) is 70.5 Å². The highest BCUT2D eigenvalue weighted by Gasteiger charge is 2.03. The first-order chi connectivity index (χ1) is 12.2. The minimum Gasteiger partial charge on any atom is -0.391 e. The normalized spacial score (nSPS) is 13.9. The summed E-state index contributed by atoms with van der Waals surface area (Å²) < 4.78 is 21.0. The Labute approximate surface area is 153 Å². The standard InChI is InChI=1S/C19H40O6/c1-3-23-17-19(21)11-15-25-13-9-7-5-4-6-8-12-24-14-10-18(20)16-22-2/h18-21H,3-17H2,1-2H3. The van der Waals surface area contributed by atoms with E-state index in [9.17, 15) is 10.2 Å². The van der Waals surface area contributed by atoms with Gasteiger partial charge in [0, 0.05) is 40.1 Å². The lowest BCUT2D eigenvalue weighted by atomic mass is 10.1. The summed E-state index contributed by atoms with van der Waals surface area (Å²) in [6.07, 6.45) is 7.43. The van der Waals surface area contributed by atoms with Gasteiger partial charge in [-0.05, 0) is 32.6 Å². The predicted octanol–water partition coefficient (Wildman–Crippen LogP) is 2.55. The van der Waals surface area contributed by atoms with Crippen molar-refractivity contribution in [3.63, 3.8) is 0 Å². The van der Waals surface area contributed by atoms with Crippen molar-refractivity contribution in [2.75, 3.05) is 53.4 Å². The maximum atomic E-state index is 9.58. The summed E-state index contributed by atoms with van der Waals surface area (Å²) in [5.41, 5.74) is 0. The van der Waals surface area contributed by atoms with Crippen molar-refractivity contribution in [1.82, 2.24) is 0 Å². The van der Waals surface area contributed by atoms with Crippen LogP contribution in [0.25, 0.3) is 0 Å². The number of hydrogen-bond acceptors (Lipinski definition) is 6. The molecule has 0 aromatic heterocycles. The Morgan fingerprint density at radius 3 is 1.60 bits per heavy atom. The topological polar surface area (TPSA) is 77.4 Å². The second kappa shape index (κ2) is 20.1. The van der Waals surface area contributed by atoms with E-state index in [1.807, 2.05) is 6.92 Å². The van der Waals surface area contributed by atoms with Crippen LogP contribution in [0.5, 0.6) is 0 Å². The maximum Gasteiger partial charge on any atom is 0.0795 e. The van der Waals surface area contributed by atoms with Gasteiger partial charge in [0.1, 0.15) is 0 Å². The molecule has 152 valence electrons. The van der Waals surface area contributed by atoms with Crippen LogP contribution < -0.4 is 0 Å². The van der Waals surface area contributed by atoms with Crippen molar-refractivity contribution >= 4 is 0 Å². The molecule has 6 nitrogen and oxygen atoms in total. The van der Waals surface area contributed by atoms with Crippen LogP contribution in [0.4, 0.5) is 0 Å². The zero-order chi connectivity index (χ0) is 18.6. The summed E-state index contributed by atoms with van der Waals surface area (Å²) in [6, 6.07) is 0. The molecule has 0 rings (SSSR count). The van der Waals surface area contributed by atoms with Crippen molar-refractivity contribution in [2.24, 2.45) is 0 Å². The molecular formula is C19H40O6. The van der Waals surface area contributed by atoms with Gasteiger partial charge in [-0.2, -0.15) is 0 Å². The average Bonchev–Trinajstić information content (AvgIpc) is 2.60. The Hall–Kier alpha value is -0.240. The van der Waals surface area contributed by atoms with Gasteiger partial charge in [-0.25, -0.2) is 0 Å². The van der Waals surface area contributed by atoms with Crippen molar-refractivity contribution < 1.29 is 29.2 Å². The van der Waals surface area contributed by atoms with Gasteiger partial charge in [-0.1, -0.05) is 25.7 Å². The summed E-state index contributed by atoms with van der Waals surface area (Å²) in [5, 5.41) is 19.0. The monoisotopic (exact) mass is 364 g/mol. The SMILES string of the molecule is CCOCC(O)CCOCCCCCCCCOCCC(O)COC. The molecule has 2 unspecified atom stereocenters. The molecule has 0 aromatic carbocycles. The van der Waals surface area contributed by atoms with Gasteiger partial charge in [0.2, 0.25) is 0 Å². The summed E-state index contributed by atoms with van der Waals surface area (Å²) in [4.78, 5) is 0. The molecule has 0 heterocycles. The predicted molar refractivity (Wildman–Crippen MR) is 99.0 cm³/mol. The van der Waals surface area contributed by atoms with E-state index in [4.69, 9.17) is 18.9 Å². The van der Waals surface area contributed by atoms with Gasteiger partial charge < -0.3 is 29.2 Å². The smallest absolute Gasteiger partial charge is 0.0795 e. The average molecular weight is 365 g/mol. The number of unbranched alkanes of at least 4 members (excludes halogenated alkanes) is 5. The molecule has 0 aliphatic carbocycles. The van der Waals surface area contributed by atoms with Crippen LogP contribution in [-0.4, -0.2) is 75.8 Å². The van der Waals surface area contributed by atoms with E-state index < -0.39 is 12.2 Å². The zero-order valence-corrected chi connectivity index (χ0v) is 16.3. The minimum atomic E-state index is -0.417. The van der Waals surface area contributed by atoms with Gasteiger partial charge in [-0.3, -0.25) is 0 Å². The molecule has 0 bridgehead atoms. The van der Waals surface area contributed by atoms with E-state index in [1.165, 1.54) is 25.7 Å². The largest absolute Gasteiger partial charge is 0.391 e. The Bertz CT molecular complexity index is 252. The van der Waals surface area contributed by atoms with Gasteiger partial charge in [0.15, 0.2) is 0 Å². The number of ether oxygens (including phenoxy) is 4. The van der Waals surface area contributed by atoms with E-state index in [2.05, 4.69) is 0 Å². The number of aliphatic hydroxyl groups is 2. The first kappa shape index (κ1) is 24.8. The molecule has 25 heavy (non-hydrogen) atoms. The Kier molecular flexibility index (Phi) is 19.9. The Balaban J connectivity index is 3.09. The number of aliphatic hydroxyl groups excluding tert-OH is 2. The van der Waals surface area contributed by atoms with Crippen LogP contribution in [0.15, 0.2) is 0 Å². The summed E-state index contributed by atoms with van der Waals surface area (Å²) >= 11 is 0. The van der Waals surface area contributed by atoms with Gasteiger partial charge in [0.05, 0.1) is 25.4 Å². The van der Waals surface area contributed by atoms with E-state index in [1.54, 1.807) is 7.11 Å². The highest BCUT2D eigenvalue weighted by molar-refractivity contribution is 4.53. The lowest BCUT2D eigenvalue weighted by Crippen LogP contribution is -2.17. The molecule has 0 aromatic rings. The molecule has 0 saturated heterocycles. The summed E-state index contributed by atoms with van der Waals surface area (Å²) in [7, 11) is 1.59. The molecule has 0 fully saturated rings. The quantitative estimate of drug-likeness (QED) is 0.323. The van der Waals surface area contributed by atoms with Crippen molar-refractivity contribution in [3.05, 3.63) is 0 Å². The highest BCUT2D eigenvalue weighted by atomic mass is 16.5. The summed E-state index contributed by atoms with van der Waals surface area (Å²) in [6.45, 7) is 6.08. The Morgan fingerprint density at radius 1 is 0.640 bits per heavy atom. The molecule has 0 radical (unpaired) electrons. The molecule has 0 aliphatic heterocycles. The fourth-order valence-electron chi connectivity index (χ4n) is 2.37. The maximum absolute atomic E-state index is 9.58. The Morgan fingerprint density at radius 2 is 1.12 bits per heavy atom. The fraction of sp³-hybridized carbons (Fsp3) is 1.00. The highest BCUT2D eigenvalue weighted by Crippen LogP contribution is 2.06. The molecule has 2 N–H and O–H groups in total. The van der Waals surface area contributed by atoms with Crippen LogP contribution in [0.1, 0.15) is 58.3 Å². The third kappa shape index (κ3) is 19.9. The minimum absolute atomic E-state index is 0.376. The zero-order valence-electron chi connectivity index (χ0n) is 16.3. The van der Waals surface area contributed by atoms with E-state index in [-0.39, 0.29) is 0 Å². The summed E-state index contributed by atoms with van der Waals surface area (Å²) in [5.74, 6) is 0. The van der Waals surface area contributed by atoms with Gasteiger partial charge in [0.25, 0.3) is 0 Å². The van der Waals surface area contributed by atoms with Crippen LogP contribution in [0.3, 0.4) is 0 Å². The third-order valence-corrected chi connectivity index (χ3v) is 3.89. The van der Waals surface area contributed by atoms with Crippen LogP contribution in [0.2, 0.25) is 0 Å². The lowest BCUT2D eigenvalue weighted by Gasteiger charge is -2.10. The first-order valence-electron chi connectivity index (χ1n) is 9.79. The van der Waals surface area contributed by atoms with Gasteiger partial charge >= 0.3 is 0 Å². The number of hydrogen-bond donors (Lipinski definition) is 2. The number of rotatable bonds is 20. The molecule has 0 spiro atoms.